The van der Waals surface area contributed by atoms with Gasteiger partial charge in [0.05, 0.1) is 0 Å². The lowest BCUT2D eigenvalue weighted by Crippen LogP contribution is -1.94. The van der Waals surface area contributed by atoms with E-state index in [4.69, 9.17) is 0 Å². The fourth-order valence-electron chi connectivity index (χ4n) is 0.598. The van der Waals surface area contributed by atoms with Gasteiger partial charge in [-0.2, -0.15) is 5.10 Å². The Morgan fingerprint density at radius 1 is 1.45 bits per heavy atom. The van der Waals surface area contributed by atoms with E-state index in [-0.39, 0.29) is 0 Å². The summed E-state index contributed by atoms with van der Waals surface area (Å²) in [6.07, 6.45) is 1.73. The van der Waals surface area contributed by atoms with Crippen molar-refractivity contribution in [1.29, 1.82) is 0 Å². The van der Waals surface area contributed by atoms with E-state index in [0.717, 1.165) is 11.5 Å². The molecule has 11 heavy (non-hydrogen) atoms. The standard InChI is InChI=1S/C8H11N3/c1-7(2)10-11-8-5-3-4-6-9-8/h3-6H,1-2H3,(H,9,11). The number of aromatic nitrogens is 1. The Morgan fingerprint density at radius 3 is 2.82 bits per heavy atom. The zero-order chi connectivity index (χ0) is 8.10. The Kier molecular flexibility index (Phi) is 2.60. The van der Waals surface area contributed by atoms with Crippen molar-refractivity contribution in [2.24, 2.45) is 5.10 Å². The summed E-state index contributed by atoms with van der Waals surface area (Å²) in [5.74, 6) is 0.772. The summed E-state index contributed by atoms with van der Waals surface area (Å²) in [6.45, 7) is 3.85. The van der Waals surface area contributed by atoms with Crippen molar-refractivity contribution in [3.8, 4) is 0 Å². The van der Waals surface area contributed by atoms with Crippen molar-refractivity contribution in [2.45, 2.75) is 13.8 Å². The normalized spacial score (nSPS) is 8.91. The molecule has 1 N–H and O–H groups in total. The molecule has 0 fully saturated rings. The van der Waals surface area contributed by atoms with Crippen LogP contribution in [0.25, 0.3) is 0 Å². The highest BCUT2D eigenvalue weighted by molar-refractivity contribution is 5.79. The summed E-state index contributed by atoms with van der Waals surface area (Å²) in [4.78, 5) is 4.03. The van der Waals surface area contributed by atoms with Gasteiger partial charge in [0.2, 0.25) is 0 Å². The lowest BCUT2D eigenvalue weighted by Gasteiger charge is -1.97. The van der Waals surface area contributed by atoms with Crippen LogP contribution in [0.2, 0.25) is 0 Å². The molecule has 1 rings (SSSR count). The molecule has 1 aromatic heterocycles. The molecule has 0 saturated heterocycles. The van der Waals surface area contributed by atoms with Gasteiger partial charge < -0.3 is 0 Å². The first-order chi connectivity index (χ1) is 5.29. The second-order valence-electron chi connectivity index (χ2n) is 2.39. The van der Waals surface area contributed by atoms with Crippen LogP contribution in [0.15, 0.2) is 29.5 Å². The maximum atomic E-state index is 4.03. The highest BCUT2D eigenvalue weighted by atomic mass is 15.3. The number of hydrogen-bond donors (Lipinski definition) is 1. The third kappa shape index (κ3) is 2.80. The van der Waals surface area contributed by atoms with E-state index in [1.807, 2.05) is 32.0 Å². The van der Waals surface area contributed by atoms with Crippen LogP contribution >= 0.6 is 0 Å². The molecule has 0 atom stereocenters. The van der Waals surface area contributed by atoms with Gasteiger partial charge in [0, 0.05) is 11.9 Å². The summed E-state index contributed by atoms with van der Waals surface area (Å²) in [7, 11) is 0. The Morgan fingerprint density at radius 2 is 2.27 bits per heavy atom. The third-order valence-electron chi connectivity index (χ3n) is 1.06. The first-order valence-corrected chi connectivity index (χ1v) is 3.47. The maximum Gasteiger partial charge on any atom is 0.146 e. The van der Waals surface area contributed by atoms with Crippen molar-refractivity contribution in [3.63, 3.8) is 0 Å². The predicted octanol–water partition coefficient (Wildman–Crippen LogP) is 1.89. The molecule has 0 aliphatic carbocycles. The van der Waals surface area contributed by atoms with Crippen LogP contribution in [0, 0.1) is 0 Å². The molecule has 0 aliphatic rings. The first kappa shape index (κ1) is 7.72. The van der Waals surface area contributed by atoms with Crippen molar-refractivity contribution in [3.05, 3.63) is 24.4 Å². The minimum Gasteiger partial charge on any atom is -0.261 e. The van der Waals surface area contributed by atoms with Crippen LogP contribution in [0.5, 0.6) is 0 Å². The second kappa shape index (κ2) is 3.71. The second-order valence-corrected chi connectivity index (χ2v) is 2.39. The average molecular weight is 149 g/mol. The molecule has 0 aliphatic heterocycles. The molecule has 3 heteroatoms. The molecular weight excluding hydrogens is 138 g/mol. The highest BCUT2D eigenvalue weighted by Crippen LogP contribution is 1.98. The Hall–Kier alpha value is -1.38. The Labute approximate surface area is 66.2 Å². The van der Waals surface area contributed by atoms with Crippen LogP contribution < -0.4 is 5.43 Å². The van der Waals surface area contributed by atoms with Crippen LogP contribution in [0.4, 0.5) is 5.82 Å². The molecule has 1 aromatic rings. The lowest BCUT2D eigenvalue weighted by molar-refractivity contribution is 1.22. The number of anilines is 1. The molecule has 58 valence electrons. The molecule has 3 nitrogen and oxygen atoms in total. The molecule has 0 radical (unpaired) electrons. The van der Waals surface area contributed by atoms with E-state index in [0.29, 0.717) is 0 Å². The van der Waals surface area contributed by atoms with Crippen LogP contribution in [-0.2, 0) is 0 Å². The van der Waals surface area contributed by atoms with E-state index >= 15 is 0 Å². The van der Waals surface area contributed by atoms with Crippen molar-refractivity contribution in [1.82, 2.24) is 4.98 Å². The molecule has 1 heterocycles. The van der Waals surface area contributed by atoms with Gasteiger partial charge in [0.25, 0.3) is 0 Å². The van der Waals surface area contributed by atoms with E-state index in [9.17, 15) is 0 Å². The molecule has 0 spiro atoms. The van der Waals surface area contributed by atoms with Crippen LogP contribution in [-0.4, -0.2) is 10.7 Å². The highest BCUT2D eigenvalue weighted by Gasteiger charge is 1.85. The molecule has 0 amide bonds. The van der Waals surface area contributed by atoms with E-state index in [2.05, 4.69) is 15.5 Å². The number of hydrazone groups is 1. The Bertz CT molecular complexity index is 237. The fraction of sp³-hybridized carbons (Fsp3) is 0.250. The van der Waals surface area contributed by atoms with Gasteiger partial charge in [-0.05, 0) is 26.0 Å². The van der Waals surface area contributed by atoms with Gasteiger partial charge >= 0.3 is 0 Å². The van der Waals surface area contributed by atoms with Gasteiger partial charge in [-0.3, -0.25) is 5.43 Å². The van der Waals surface area contributed by atoms with Crippen molar-refractivity contribution >= 4 is 11.5 Å². The number of nitrogens with zero attached hydrogens (tertiary/aromatic N) is 2. The smallest absolute Gasteiger partial charge is 0.146 e. The summed E-state index contributed by atoms with van der Waals surface area (Å²) in [5.41, 5.74) is 3.80. The van der Waals surface area contributed by atoms with Gasteiger partial charge in [-0.25, -0.2) is 4.98 Å². The quantitative estimate of drug-likeness (QED) is 0.515. The number of hydrogen-bond acceptors (Lipinski definition) is 3. The SMILES string of the molecule is CC(C)=NNc1ccccn1. The Balaban J connectivity index is 2.59. The summed E-state index contributed by atoms with van der Waals surface area (Å²) < 4.78 is 0. The van der Waals surface area contributed by atoms with Gasteiger partial charge in [-0.15, -0.1) is 0 Å². The fourth-order valence-corrected chi connectivity index (χ4v) is 0.598. The molecule has 0 aromatic carbocycles. The lowest BCUT2D eigenvalue weighted by atomic mass is 10.5. The van der Waals surface area contributed by atoms with Crippen molar-refractivity contribution < 1.29 is 0 Å². The molecule has 0 saturated carbocycles. The number of pyridine rings is 1. The molecular formula is C8H11N3. The third-order valence-corrected chi connectivity index (χ3v) is 1.06. The van der Waals surface area contributed by atoms with Gasteiger partial charge in [0.15, 0.2) is 0 Å². The average Bonchev–Trinajstić information content (AvgIpc) is 2.03. The number of rotatable bonds is 2. The number of nitrogens with one attached hydrogen (secondary N) is 1. The largest absolute Gasteiger partial charge is 0.261 e. The maximum absolute atomic E-state index is 4.03. The first-order valence-electron chi connectivity index (χ1n) is 3.47. The predicted molar refractivity (Wildman–Crippen MR) is 46.6 cm³/mol. The summed E-state index contributed by atoms with van der Waals surface area (Å²) in [6, 6.07) is 5.65. The summed E-state index contributed by atoms with van der Waals surface area (Å²) in [5, 5.41) is 4.00. The molecule has 0 unspecified atom stereocenters. The van der Waals surface area contributed by atoms with Gasteiger partial charge in [0.1, 0.15) is 5.82 Å². The van der Waals surface area contributed by atoms with E-state index in [1.165, 1.54) is 0 Å². The van der Waals surface area contributed by atoms with E-state index < -0.39 is 0 Å². The minimum atomic E-state index is 0.772. The monoisotopic (exact) mass is 149 g/mol. The van der Waals surface area contributed by atoms with Gasteiger partial charge in [-0.1, -0.05) is 6.07 Å². The minimum absolute atomic E-state index is 0.772. The van der Waals surface area contributed by atoms with E-state index in [1.54, 1.807) is 6.20 Å². The summed E-state index contributed by atoms with van der Waals surface area (Å²) >= 11 is 0. The van der Waals surface area contributed by atoms with Crippen LogP contribution in [0.1, 0.15) is 13.8 Å². The van der Waals surface area contributed by atoms with Crippen LogP contribution in [0.3, 0.4) is 0 Å². The zero-order valence-electron chi connectivity index (χ0n) is 6.70. The zero-order valence-corrected chi connectivity index (χ0v) is 6.70. The molecule has 0 bridgehead atoms. The van der Waals surface area contributed by atoms with Crippen molar-refractivity contribution in [2.75, 3.05) is 5.43 Å². The topological polar surface area (TPSA) is 37.3 Å².